The van der Waals surface area contributed by atoms with Crippen LogP contribution in [-0.2, 0) is 0 Å². The summed E-state index contributed by atoms with van der Waals surface area (Å²) in [4.78, 5) is 11.6. The van der Waals surface area contributed by atoms with Gasteiger partial charge in [-0.25, -0.2) is 4.98 Å². The summed E-state index contributed by atoms with van der Waals surface area (Å²) in [6.07, 6.45) is 4.50. The number of ether oxygens (including phenoxy) is 1. The van der Waals surface area contributed by atoms with Gasteiger partial charge in [-0.1, -0.05) is 42.5 Å². The van der Waals surface area contributed by atoms with Crippen LogP contribution in [0.3, 0.4) is 0 Å². The van der Waals surface area contributed by atoms with Crippen molar-refractivity contribution >= 4 is 33.4 Å². The molecule has 0 aliphatic heterocycles. The van der Waals surface area contributed by atoms with Crippen LogP contribution in [0.2, 0.25) is 0 Å². The summed E-state index contributed by atoms with van der Waals surface area (Å²) in [6.45, 7) is 1.53. The third-order valence-electron chi connectivity index (χ3n) is 6.59. The highest BCUT2D eigenvalue weighted by atomic mass is 16.5. The molecule has 0 atom stereocenters. The number of hydrogen-bond acceptors (Lipinski definition) is 6. The number of nitrogens with one attached hydrogen (secondary N) is 2. The SMILES string of the molecule is CN(C)c1nc(N[C@H]2CC[C@@H](NCCOc3ccc4ccccc4c3)CC2)nc2ccccc12. The summed E-state index contributed by atoms with van der Waals surface area (Å²) in [5, 5.41) is 10.8. The van der Waals surface area contributed by atoms with E-state index in [0.717, 1.165) is 60.6 Å². The fourth-order valence-electron chi connectivity index (χ4n) is 4.78. The minimum absolute atomic E-state index is 0.406. The monoisotopic (exact) mass is 455 g/mol. The Morgan fingerprint density at radius 3 is 2.41 bits per heavy atom. The Labute approximate surface area is 201 Å². The lowest BCUT2D eigenvalue weighted by Crippen LogP contribution is -2.38. The maximum Gasteiger partial charge on any atom is 0.225 e. The maximum atomic E-state index is 5.98. The van der Waals surface area contributed by atoms with Gasteiger partial charge >= 0.3 is 0 Å². The molecule has 0 saturated heterocycles. The topological polar surface area (TPSA) is 62.3 Å². The number of nitrogens with zero attached hydrogens (tertiary/aromatic N) is 3. The van der Waals surface area contributed by atoms with E-state index in [4.69, 9.17) is 14.7 Å². The highest BCUT2D eigenvalue weighted by Gasteiger charge is 2.22. The molecule has 0 unspecified atom stereocenters. The first kappa shape index (κ1) is 22.4. The normalized spacial score (nSPS) is 18.2. The van der Waals surface area contributed by atoms with E-state index in [1.165, 1.54) is 10.8 Å². The molecular formula is C28H33N5O. The quantitative estimate of drug-likeness (QED) is 0.354. The molecule has 0 spiro atoms. The van der Waals surface area contributed by atoms with E-state index in [9.17, 15) is 0 Å². The molecule has 0 radical (unpaired) electrons. The number of aromatic nitrogens is 2. The van der Waals surface area contributed by atoms with Crippen molar-refractivity contribution in [1.82, 2.24) is 15.3 Å². The Morgan fingerprint density at radius 2 is 1.59 bits per heavy atom. The van der Waals surface area contributed by atoms with E-state index in [1.54, 1.807) is 0 Å². The lowest BCUT2D eigenvalue weighted by atomic mass is 9.91. The summed E-state index contributed by atoms with van der Waals surface area (Å²) < 4.78 is 5.98. The van der Waals surface area contributed by atoms with Crippen LogP contribution in [-0.4, -0.2) is 49.3 Å². The lowest BCUT2D eigenvalue weighted by molar-refractivity contribution is 0.285. The molecule has 1 saturated carbocycles. The van der Waals surface area contributed by atoms with Gasteiger partial charge in [0, 0.05) is 38.1 Å². The van der Waals surface area contributed by atoms with Crippen molar-refractivity contribution in [2.75, 3.05) is 37.5 Å². The fraction of sp³-hybridized carbons (Fsp3) is 0.357. The van der Waals surface area contributed by atoms with E-state index in [1.807, 2.05) is 26.2 Å². The smallest absolute Gasteiger partial charge is 0.225 e. The molecule has 1 heterocycles. The van der Waals surface area contributed by atoms with E-state index in [2.05, 4.69) is 70.1 Å². The fourth-order valence-corrected chi connectivity index (χ4v) is 4.78. The Kier molecular flexibility index (Phi) is 6.77. The zero-order valence-corrected chi connectivity index (χ0v) is 20.0. The van der Waals surface area contributed by atoms with Gasteiger partial charge in [0.25, 0.3) is 0 Å². The van der Waals surface area contributed by atoms with Crippen molar-refractivity contribution in [3.63, 3.8) is 0 Å². The van der Waals surface area contributed by atoms with Crippen molar-refractivity contribution in [2.24, 2.45) is 0 Å². The molecule has 6 nitrogen and oxygen atoms in total. The Hall–Kier alpha value is -3.38. The number of para-hydroxylation sites is 1. The molecule has 3 aromatic carbocycles. The van der Waals surface area contributed by atoms with Crippen molar-refractivity contribution in [2.45, 2.75) is 37.8 Å². The van der Waals surface area contributed by atoms with Crippen LogP contribution in [0, 0.1) is 0 Å². The minimum Gasteiger partial charge on any atom is -0.492 e. The molecule has 176 valence electrons. The second-order valence-corrected chi connectivity index (χ2v) is 9.29. The summed E-state index contributed by atoms with van der Waals surface area (Å²) in [5.41, 5.74) is 0.977. The molecule has 1 aliphatic carbocycles. The van der Waals surface area contributed by atoms with Crippen LogP contribution in [0.25, 0.3) is 21.7 Å². The van der Waals surface area contributed by atoms with Crippen LogP contribution in [0.15, 0.2) is 66.7 Å². The molecule has 0 bridgehead atoms. The zero-order valence-electron chi connectivity index (χ0n) is 20.0. The van der Waals surface area contributed by atoms with Gasteiger partial charge in [-0.05, 0) is 60.7 Å². The zero-order chi connectivity index (χ0) is 23.3. The Bertz CT molecular complexity index is 1250. The first-order valence-electron chi connectivity index (χ1n) is 12.2. The first-order valence-corrected chi connectivity index (χ1v) is 12.2. The number of hydrogen-bond donors (Lipinski definition) is 2. The second kappa shape index (κ2) is 10.3. The van der Waals surface area contributed by atoms with Gasteiger partial charge in [-0.3, -0.25) is 0 Å². The van der Waals surface area contributed by atoms with Crippen molar-refractivity contribution in [1.29, 1.82) is 0 Å². The van der Waals surface area contributed by atoms with E-state index < -0.39 is 0 Å². The summed E-state index contributed by atoms with van der Waals surface area (Å²) in [5.74, 6) is 2.61. The van der Waals surface area contributed by atoms with Crippen LogP contribution < -0.4 is 20.3 Å². The van der Waals surface area contributed by atoms with Crippen molar-refractivity contribution in [3.8, 4) is 5.75 Å². The molecular weight excluding hydrogens is 422 g/mol. The Balaban J connectivity index is 1.08. The standard InChI is InChI=1S/C28H33N5O/c1-33(2)27-25-9-5-6-10-26(25)31-28(32-27)30-23-14-12-22(13-15-23)29-17-18-34-24-16-11-20-7-3-4-8-21(20)19-24/h3-11,16,19,22-23,29H,12-15,17-18H2,1-2H3,(H,30,31,32)/t22-,23+. The number of fused-ring (bicyclic) bond motifs is 2. The number of benzene rings is 3. The van der Waals surface area contributed by atoms with Gasteiger partial charge in [0.1, 0.15) is 18.2 Å². The maximum absolute atomic E-state index is 5.98. The van der Waals surface area contributed by atoms with Gasteiger partial charge in [-0.2, -0.15) is 4.98 Å². The molecule has 1 aromatic heterocycles. The molecule has 1 aliphatic rings. The van der Waals surface area contributed by atoms with Crippen LogP contribution >= 0.6 is 0 Å². The van der Waals surface area contributed by atoms with Crippen LogP contribution in [0.5, 0.6) is 5.75 Å². The van der Waals surface area contributed by atoms with Gasteiger partial charge in [0.05, 0.1) is 5.52 Å². The van der Waals surface area contributed by atoms with Crippen molar-refractivity contribution < 1.29 is 4.74 Å². The number of anilines is 2. The molecule has 34 heavy (non-hydrogen) atoms. The van der Waals surface area contributed by atoms with Crippen LogP contribution in [0.4, 0.5) is 11.8 Å². The largest absolute Gasteiger partial charge is 0.492 e. The molecule has 6 heteroatoms. The first-order chi connectivity index (χ1) is 16.7. The molecule has 0 amide bonds. The third-order valence-corrected chi connectivity index (χ3v) is 6.59. The van der Waals surface area contributed by atoms with Gasteiger partial charge < -0.3 is 20.3 Å². The predicted octanol–water partition coefficient (Wildman–Crippen LogP) is 5.24. The average Bonchev–Trinajstić information content (AvgIpc) is 2.87. The van der Waals surface area contributed by atoms with Gasteiger partial charge in [-0.15, -0.1) is 0 Å². The third kappa shape index (κ3) is 5.23. The lowest BCUT2D eigenvalue weighted by Gasteiger charge is -2.30. The molecule has 1 fully saturated rings. The van der Waals surface area contributed by atoms with Gasteiger partial charge in [0.2, 0.25) is 5.95 Å². The van der Waals surface area contributed by atoms with E-state index in [0.29, 0.717) is 18.7 Å². The predicted molar refractivity (Wildman–Crippen MR) is 141 cm³/mol. The molecule has 4 aromatic rings. The molecule has 5 rings (SSSR count). The van der Waals surface area contributed by atoms with Gasteiger partial charge in [0.15, 0.2) is 0 Å². The number of rotatable bonds is 8. The molecule has 2 N–H and O–H groups in total. The second-order valence-electron chi connectivity index (χ2n) is 9.29. The van der Waals surface area contributed by atoms with E-state index >= 15 is 0 Å². The summed E-state index contributed by atoms with van der Waals surface area (Å²) in [6, 6.07) is 23.8. The highest BCUT2D eigenvalue weighted by Crippen LogP contribution is 2.26. The summed E-state index contributed by atoms with van der Waals surface area (Å²) >= 11 is 0. The van der Waals surface area contributed by atoms with E-state index in [-0.39, 0.29) is 0 Å². The average molecular weight is 456 g/mol. The minimum atomic E-state index is 0.406. The van der Waals surface area contributed by atoms with Crippen LogP contribution in [0.1, 0.15) is 25.7 Å². The van der Waals surface area contributed by atoms with Crippen molar-refractivity contribution in [3.05, 3.63) is 66.7 Å². The highest BCUT2D eigenvalue weighted by molar-refractivity contribution is 5.90. The Morgan fingerprint density at radius 1 is 0.853 bits per heavy atom. The summed E-state index contributed by atoms with van der Waals surface area (Å²) in [7, 11) is 4.05.